The van der Waals surface area contributed by atoms with Gasteiger partial charge < -0.3 is 0 Å². The molecule has 0 saturated carbocycles. The van der Waals surface area contributed by atoms with Crippen molar-refractivity contribution < 1.29 is 0 Å². The Morgan fingerprint density at radius 2 is 2.36 bits per heavy atom. The van der Waals surface area contributed by atoms with E-state index >= 15 is 0 Å². The molecule has 0 amide bonds. The number of nitriles is 2. The SMILES string of the molecule is C=CCC(C#N)c1cnccc1C#N. The molecule has 0 aliphatic heterocycles. The number of pyridine rings is 1. The van der Waals surface area contributed by atoms with Crippen molar-refractivity contribution in [3.63, 3.8) is 0 Å². The summed E-state index contributed by atoms with van der Waals surface area (Å²) in [4.78, 5) is 3.91. The van der Waals surface area contributed by atoms with Crippen LogP contribution < -0.4 is 0 Å². The van der Waals surface area contributed by atoms with Crippen LogP contribution in [0.4, 0.5) is 0 Å². The highest BCUT2D eigenvalue weighted by atomic mass is 14.6. The summed E-state index contributed by atoms with van der Waals surface area (Å²) in [5.74, 6) is -0.323. The Kier molecular flexibility index (Phi) is 3.41. The van der Waals surface area contributed by atoms with Crippen LogP contribution in [0.2, 0.25) is 0 Å². The van der Waals surface area contributed by atoms with Crippen LogP contribution in [0.5, 0.6) is 0 Å². The fourth-order valence-corrected chi connectivity index (χ4v) is 1.20. The van der Waals surface area contributed by atoms with Gasteiger partial charge in [0.15, 0.2) is 0 Å². The molecule has 3 nitrogen and oxygen atoms in total. The Bertz CT molecular complexity index is 409. The predicted octanol–water partition coefficient (Wildman–Crippen LogP) is 2.14. The van der Waals surface area contributed by atoms with Gasteiger partial charge in [-0.25, -0.2) is 0 Å². The van der Waals surface area contributed by atoms with E-state index < -0.39 is 0 Å². The third-order valence-corrected chi connectivity index (χ3v) is 1.91. The first-order chi connectivity index (χ1) is 6.83. The van der Waals surface area contributed by atoms with Gasteiger partial charge in [-0.15, -0.1) is 6.58 Å². The molecule has 0 spiro atoms. The van der Waals surface area contributed by atoms with Gasteiger partial charge >= 0.3 is 0 Å². The number of nitrogens with zero attached hydrogens (tertiary/aromatic N) is 3. The summed E-state index contributed by atoms with van der Waals surface area (Å²) < 4.78 is 0. The highest BCUT2D eigenvalue weighted by Crippen LogP contribution is 2.21. The van der Waals surface area contributed by atoms with E-state index in [-0.39, 0.29) is 5.92 Å². The van der Waals surface area contributed by atoms with Crippen LogP contribution in [0.3, 0.4) is 0 Å². The minimum absolute atomic E-state index is 0.323. The molecule has 0 N–H and O–H groups in total. The average molecular weight is 183 g/mol. The van der Waals surface area contributed by atoms with Gasteiger partial charge in [0.25, 0.3) is 0 Å². The maximum atomic E-state index is 8.90. The molecule has 0 aliphatic rings. The first-order valence-electron chi connectivity index (χ1n) is 4.18. The molecule has 0 aromatic carbocycles. The maximum Gasteiger partial charge on any atom is 0.0996 e. The van der Waals surface area contributed by atoms with Crippen molar-refractivity contribution in [2.75, 3.05) is 0 Å². The van der Waals surface area contributed by atoms with Crippen LogP contribution in [-0.2, 0) is 0 Å². The summed E-state index contributed by atoms with van der Waals surface area (Å²) >= 11 is 0. The zero-order valence-electron chi connectivity index (χ0n) is 7.64. The summed E-state index contributed by atoms with van der Waals surface area (Å²) in [6, 6.07) is 5.79. The minimum atomic E-state index is -0.323. The third-order valence-electron chi connectivity index (χ3n) is 1.91. The van der Waals surface area contributed by atoms with Crippen molar-refractivity contribution in [3.05, 3.63) is 42.2 Å². The van der Waals surface area contributed by atoms with E-state index in [4.69, 9.17) is 10.5 Å². The highest BCUT2D eigenvalue weighted by molar-refractivity contribution is 5.40. The first kappa shape index (κ1) is 9.95. The molecule has 0 aliphatic carbocycles. The highest BCUT2D eigenvalue weighted by Gasteiger charge is 2.12. The Labute approximate surface area is 82.9 Å². The fraction of sp³-hybridized carbons (Fsp3) is 0.182. The quantitative estimate of drug-likeness (QED) is 0.674. The normalized spacial score (nSPS) is 11.0. The number of allylic oxidation sites excluding steroid dienone is 1. The second kappa shape index (κ2) is 4.79. The molecule has 0 bridgehead atoms. The molecule has 3 heteroatoms. The van der Waals surface area contributed by atoms with Gasteiger partial charge in [0, 0.05) is 18.0 Å². The lowest BCUT2D eigenvalue weighted by Crippen LogP contribution is -1.98. The summed E-state index contributed by atoms with van der Waals surface area (Å²) in [6.07, 6.45) is 5.32. The number of hydrogen-bond acceptors (Lipinski definition) is 3. The van der Waals surface area contributed by atoms with E-state index in [1.54, 1.807) is 24.5 Å². The Hall–Kier alpha value is -2.13. The Balaban J connectivity index is 3.11. The molecule has 1 aromatic heterocycles. The molecule has 68 valence electrons. The summed E-state index contributed by atoms with van der Waals surface area (Å²) in [7, 11) is 0. The topological polar surface area (TPSA) is 60.5 Å². The van der Waals surface area contributed by atoms with Crippen LogP contribution in [-0.4, -0.2) is 4.98 Å². The number of rotatable bonds is 3. The lowest BCUT2D eigenvalue weighted by Gasteiger charge is -2.06. The van der Waals surface area contributed by atoms with E-state index in [1.165, 1.54) is 0 Å². The monoisotopic (exact) mass is 183 g/mol. The first-order valence-corrected chi connectivity index (χ1v) is 4.18. The van der Waals surface area contributed by atoms with E-state index in [2.05, 4.69) is 17.6 Å². The van der Waals surface area contributed by atoms with Crippen LogP contribution in [0, 0.1) is 22.7 Å². The number of aromatic nitrogens is 1. The summed E-state index contributed by atoms with van der Waals surface area (Å²) in [5, 5.41) is 17.7. The zero-order valence-corrected chi connectivity index (χ0v) is 7.64. The van der Waals surface area contributed by atoms with Crippen molar-refractivity contribution in [2.45, 2.75) is 12.3 Å². The second-order valence-electron chi connectivity index (χ2n) is 2.78. The molecule has 1 rings (SSSR count). The molecule has 1 aromatic rings. The Morgan fingerprint density at radius 3 is 2.93 bits per heavy atom. The van der Waals surface area contributed by atoms with Gasteiger partial charge in [0.1, 0.15) is 0 Å². The fourth-order valence-electron chi connectivity index (χ4n) is 1.20. The molecule has 1 unspecified atom stereocenters. The van der Waals surface area contributed by atoms with Crippen LogP contribution >= 0.6 is 0 Å². The zero-order chi connectivity index (χ0) is 10.4. The van der Waals surface area contributed by atoms with Gasteiger partial charge in [-0.1, -0.05) is 6.08 Å². The van der Waals surface area contributed by atoms with Crippen molar-refractivity contribution in [3.8, 4) is 12.1 Å². The minimum Gasteiger partial charge on any atom is -0.264 e. The van der Waals surface area contributed by atoms with E-state index in [1.807, 2.05) is 6.07 Å². The lowest BCUT2D eigenvalue weighted by molar-refractivity contribution is 0.867. The summed E-state index contributed by atoms with van der Waals surface area (Å²) in [6.45, 7) is 3.58. The molecule has 14 heavy (non-hydrogen) atoms. The van der Waals surface area contributed by atoms with Crippen molar-refractivity contribution in [2.24, 2.45) is 0 Å². The average Bonchev–Trinajstić information content (AvgIpc) is 2.26. The standard InChI is InChI=1S/C11H9N3/c1-2-3-9(6-12)11-8-14-5-4-10(11)7-13/h2,4-5,8-9H,1,3H2. The van der Waals surface area contributed by atoms with Crippen molar-refractivity contribution >= 4 is 0 Å². The van der Waals surface area contributed by atoms with Crippen LogP contribution in [0.1, 0.15) is 23.5 Å². The van der Waals surface area contributed by atoms with Crippen LogP contribution in [0.25, 0.3) is 0 Å². The lowest BCUT2D eigenvalue weighted by atomic mass is 9.95. The van der Waals surface area contributed by atoms with Crippen molar-refractivity contribution in [1.82, 2.24) is 4.98 Å². The van der Waals surface area contributed by atoms with Crippen molar-refractivity contribution in [1.29, 1.82) is 10.5 Å². The number of hydrogen-bond donors (Lipinski definition) is 0. The molecule has 1 atom stereocenters. The molecule has 0 fully saturated rings. The second-order valence-corrected chi connectivity index (χ2v) is 2.78. The van der Waals surface area contributed by atoms with Gasteiger partial charge in [-0.05, 0) is 12.5 Å². The van der Waals surface area contributed by atoms with E-state index in [0.717, 1.165) is 0 Å². The molecule has 0 radical (unpaired) electrons. The smallest absolute Gasteiger partial charge is 0.0996 e. The van der Waals surface area contributed by atoms with E-state index in [9.17, 15) is 0 Å². The largest absolute Gasteiger partial charge is 0.264 e. The molecule has 0 saturated heterocycles. The molecular formula is C11H9N3. The summed E-state index contributed by atoms with van der Waals surface area (Å²) in [5.41, 5.74) is 1.19. The predicted molar refractivity (Wildman–Crippen MR) is 52.1 cm³/mol. The third kappa shape index (κ3) is 1.97. The maximum absolute atomic E-state index is 8.90. The Morgan fingerprint density at radius 1 is 1.57 bits per heavy atom. The molecular weight excluding hydrogens is 174 g/mol. The van der Waals surface area contributed by atoms with Crippen LogP contribution in [0.15, 0.2) is 31.1 Å². The molecule has 1 heterocycles. The van der Waals surface area contributed by atoms with Gasteiger partial charge in [-0.2, -0.15) is 10.5 Å². The van der Waals surface area contributed by atoms with Gasteiger partial charge in [0.2, 0.25) is 0 Å². The van der Waals surface area contributed by atoms with E-state index in [0.29, 0.717) is 17.5 Å². The van der Waals surface area contributed by atoms with Gasteiger partial charge in [0.05, 0.1) is 23.6 Å². The van der Waals surface area contributed by atoms with Gasteiger partial charge in [-0.3, -0.25) is 4.98 Å².